The Kier molecular flexibility index (Phi) is 6.34. The Labute approximate surface area is 174 Å². The third-order valence-electron chi connectivity index (χ3n) is 4.30. The molecule has 0 aliphatic carbocycles. The number of nitrogens with one attached hydrogen (secondary N) is 2. The fourth-order valence-electron chi connectivity index (χ4n) is 2.56. The van der Waals surface area contributed by atoms with E-state index in [1.54, 1.807) is 6.21 Å². The van der Waals surface area contributed by atoms with Crippen LogP contribution in [0.2, 0.25) is 5.02 Å². The van der Waals surface area contributed by atoms with E-state index in [1.165, 1.54) is 11.8 Å². The van der Waals surface area contributed by atoms with Crippen LogP contribution in [0.5, 0.6) is 5.75 Å². The first kappa shape index (κ1) is 20.6. The fourth-order valence-corrected chi connectivity index (χ4v) is 2.69. The number of H-pyrrole nitrogens is 1. The molecule has 0 unspecified atom stereocenters. The van der Waals surface area contributed by atoms with Gasteiger partial charge in [-0.3, -0.25) is 10.2 Å². The number of hydrogen-bond donors (Lipinski definition) is 2. The molecule has 7 heteroatoms. The van der Waals surface area contributed by atoms with E-state index in [0.717, 1.165) is 16.9 Å². The van der Waals surface area contributed by atoms with Gasteiger partial charge in [-0.15, -0.1) is 0 Å². The Morgan fingerprint density at radius 2 is 1.83 bits per heavy atom. The van der Waals surface area contributed by atoms with Gasteiger partial charge in [0.1, 0.15) is 23.1 Å². The van der Waals surface area contributed by atoms with Gasteiger partial charge in [-0.25, -0.2) is 5.10 Å². The molecule has 1 heterocycles. The zero-order chi connectivity index (χ0) is 20.9. The van der Waals surface area contributed by atoms with Crippen molar-refractivity contribution in [3.63, 3.8) is 0 Å². The van der Waals surface area contributed by atoms with Gasteiger partial charge in [0.15, 0.2) is 0 Å². The molecular weight excluding hydrogens is 388 g/mol. The van der Waals surface area contributed by atoms with Gasteiger partial charge in [0, 0.05) is 0 Å². The number of hydrogen-bond acceptors (Lipinski definition) is 5. The number of halogens is 1. The van der Waals surface area contributed by atoms with Crippen LogP contribution in [0.25, 0.3) is 0 Å². The van der Waals surface area contributed by atoms with E-state index >= 15 is 0 Å². The Morgan fingerprint density at radius 1 is 1.14 bits per heavy atom. The quantitative estimate of drug-likeness (QED) is 0.454. The van der Waals surface area contributed by atoms with Gasteiger partial charge in [-0.2, -0.15) is 10.2 Å². The topological polar surface area (TPSA) is 79.4 Å². The molecule has 0 saturated heterocycles. The van der Waals surface area contributed by atoms with Gasteiger partial charge in [0.2, 0.25) is 0 Å². The van der Waals surface area contributed by atoms with Crippen molar-refractivity contribution in [2.45, 2.75) is 32.8 Å². The standard InChI is InChI=1S/C22H23ClN4O2/c1-22(2,3)17-8-4-16(5-9-17)14-29-18-10-6-15(7-11-18)12-24-26-19-13-25-27-21(28)20(19)23/h4-13H,14H2,1-3H3,(H2,26,27,28)/b24-12+. The van der Waals surface area contributed by atoms with Crippen molar-refractivity contribution in [1.82, 2.24) is 10.2 Å². The number of aromatic amines is 1. The number of benzene rings is 2. The molecule has 1 aromatic heterocycles. The van der Waals surface area contributed by atoms with Crippen LogP contribution >= 0.6 is 11.6 Å². The minimum absolute atomic E-state index is 0.0106. The van der Waals surface area contributed by atoms with E-state index in [0.29, 0.717) is 12.3 Å². The van der Waals surface area contributed by atoms with Crippen LogP contribution < -0.4 is 15.7 Å². The Morgan fingerprint density at radius 3 is 2.48 bits per heavy atom. The van der Waals surface area contributed by atoms with Crippen molar-refractivity contribution in [2.75, 3.05) is 5.43 Å². The van der Waals surface area contributed by atoms with E-state index in [-0.39, 0.29) is 10.4 Å². The summed E-state index contributed by atoms with van der Waals surface area (Å²) in [6.45, 7) is 7.10. The number of hydrazone groups is 1. The van der Waals surface area contributed by atoms with Crippen LogP contribution in [0.15, 0.2) is 64.6 Å². The molecule has 0 fully saturated rings. The molecule has 2 N–H and O–H groups in total. The molecule has 0 spiro atoms. The van der Waals surface area contributed by atoms with E-state index in [4.69, 9.17) is 16.3 Å². The van der Waals surface area contributed by atoms with Crippen molar-refractivity contribution in [2.24, 2.45) is 5.10 Å². The first-order valence-corrected chi connectivity index (χ1v) is 9.55. The third-order valence-corrected chi connectivity index (χ3v) is 4.67. The molecule has 0 aliphatic rings. The normalized spacial score (nSPS) is 11.6. The molecule has 29 heavy (non-hydrogen) atoms. The summed E-state index contributed by atoms with van der Waals surface area (Å²) in [5.74, 6) is 0.775. The van der Waals surface area contributed by atoms with E-state index in [1.807, 2.05) is 24.3 Å². The average molecular weight is 411 g/mol. The van der Waals surface area contributed by atoms with E-state index in [9.17, 15) is 4.79 Å². The lowest BCUT2D eigenvalue weighted by molar-refractivity contribution is 0.306. The van der Waals surface area contributed by atoms with Crippen molar-refractivity contribution in [1.29, 1.82) is 0 Å². The van der Waals surface area contributed by atoms with Crippen LogP contribution in [0, 0.1) is 0 Å². The molecule has 150 valence electrons. The summed E-state index contributed by atoms with van der Waals surface area (Å²) < 4.78 is 5.85. The number of anilines is 1. The van der Waals surface area contributed by atoms with Gasteiger partial charge in [-0.1, -0.05) is 56.6 Å². The van der Waals surface area contributed by atoms with Crippen molar-refractivity contribution >= 4 is 23.5 Å². The Hall–Kier alpha value is -3.12. The summed E-state index contributed by atoms with van der Waals surface area (Å²) in [6, 6.07) is 16.0. The zero-order valence-electron chi connectivity index (χ0n) is 16.6. The lowest BCUT2D eigenvalue weighted by atomic mass is 9.87. The average Bonchev–Trinajstić information content (AvgIpc) is 2.70. The van der Waals surface area contributed by atoms with Crippen LogP contribution in [0.1, 0.15) is 37.5 Å². The molecule has 0 amide bonds. The fraction of sp³-hybridized carbons (Fsp3) is 0.227. The highest BCUT2D eigenvalue weighted by atomic mass is 35.5. The third kappa shape index (κ3) is 5.68. The molecule has 2 aromatic carbocycles. The summed E-state index contributed by atoms with van der Waals surface area (Å²) in [7, 11) is 0. The maximum atomic E-state index is 11.4. The Balaban J connectivity index is 1.55. The molecule has 0 aliphatic heterocycles. The molecule has 0 saturated carbocycles. The molecular formula is C22H23ClN4O2. The zero-order valence-corrected chi connectivity index (χ0v) is 17.3. The first-order valence-electron chi connectivity index (χ1n) is 9.17. The molecule has 0 atom stereocenters. The maximum Gasteiger partial charge on any atom is 0.285 e. The second-order valence-electron chi connectivity index (χ2n) is 7.60. The predicted molar refractivity (Wildman–Crippen MR) is 117 cm³/mol. The minimum Gasteiger partial charge on any atom is -0.489 e. The van der Waals surface area contributed by atoms with Crippen LogP contribution in [-0.4, -0.2) is 16.4 Å². The SMILES string of the molecule is CC(C)(C)c1ccc(COc2ccc(/C=N/Nc3cn[nH]c(=O)c3Cl)cc2)cc1. The smallest absolute Gasteiger partial charge is 0.285 e. The molecule has 0 radical (unpaired) electrons. The van der Waals surface area contributed by atoms with E-state index in [2.05, 4.69) is 65.8 Å². The monoisotopic (exact) mass is 410 g/mol. The predicted octanol–water partition coefficient (Wildman–Crippen LogP) is 4.75. The van der Waals surface area contributed by atoms with Gasteiger partial charge in [0.25, 0.3) is 5.56 Å². The summed E-state index contributed by atoms with van der Waals surface area (Å²) in [6.07, 6.45) is 3.01. The second kappa shape index (κ2) is 8.92. The molecule has 3 aromatic rings. The summed E-state index contributed by atoms with van der Waals surface area (Å²) in [5, 5.41) is 10.00. The van der Waals surface area contributed by atoms with Gasteiger partial charge in [-0.05, 0) is 46.4 Å². The highest BCUT2D eigenvalue weighted by Gasteiger charge is 2.12. The van der Waals surface area contributed by atoms with Crippen molar-refractivity contribution < 1.29 is 4.74 Å². The number of aromatic nitrogens is 2. The lowest BCUT2D eigenvalue weighted by Gasteiger charge is -2.19. The number of nitrogens with zero attached hydrogens (tertiary/aromatic N) is 2. The molecule has 3 rings (SSSR count). The largest absolute Gasteiger partial charge is 0.489 e. The lowest BCUT2D eigenvalue weighted by Crippen LogP contribution is -2.10. The van der Waals surface area contributed by atoms with Gasteiger partial charge >= 0.3 is 0 Å². The number of ether oxygens (including phenoxy) is 1. The Bertz CT molecular complexity index is 1040. The minimum atomic E-state index is -0.471. The van der Waals surface area contributed by atoms with Crippen LogP contribution in [-0.2, 0) is 12.0 Å². The van der Waals surface area contributed by atoms with E-state index < -0.39 is 5.56 Å². The van der Waals surface area contributed by atoms with Crippen molar-refractivity contribution in [3.05, 3.63) is 86.8 Å². The highest BCUT2D eigenvalue weighted by Crippen LogP contribution is 2.22. The number of rotatable bonds is 6. The summed E-state index contributed by atoms with van der Waals surface area (Å²) in [5.41, 5.74) is 6.00. The highest BCUT2D eigenvalue weighted by molar-refractivity contribution is 6.32. The summed E-state index contributed by atoms with van der Waals surface area (Å²) >= 11 is 5.88. The van der Waals surface area contributed by atoms with Gasteiger partial charge < -0.3 is 4.74 Å². The molecule has 6 nitrogen and oxygen atoms in total. The van der Waals surface area contributed by atoms with Crippen LogP contribution in [0.3, 0.4) is 0 Å². The summed E-state index contributed by atoms with van der Waals surface area (Å²) in [4.78, 5) is 11.4. The maximum absolute atomic E-state index is 11.4. The van der Waals surface area contributed by atoms with Crippen LogP contribution in [0.4, 0.5) is 5.69 Å². The first-order chi connectivity index (χ1) is 13.8. The van der Waals surface area contributed by atoms with Crippen molar-refractivity contribution in [3.8, 4) is 5.75 Å². The second-order valence-corrected chi connectivity index (χ2v) is 7.98. The van der Waals surface area contributed by atoms with Gasteiger partial charge in [0.05, 0.1) is 12.4 Å². The molecule has 0 bridgehead atoms.